The zero-order valence-electron chi connectivity index (χ0n) is 12.6. The van der Waals surface area contributed by atoms with Crippen molar-refractivity contribution in [2.75, 3.05) is 11.9 Å². The Morgan fingerprint density at radius 3 is 2.57 bits per heavy atom. The molecule has 21 heavy (non-hydrogen) atoms. The molecule has 0 aliphatic rings. The van der Waals surface area contributed by atoms with Crippen molar-refractivity contribution in [2.24, 2.45) is 0 Å². The summed E-state index contributed by atoms with van der Waals surface area (Å²) >= 11 is 1.47. The van der Waals surface area contributed by atoms with E-state index in [0.717, 1.165) is 49.0 Å². The number of halogens is 2. The maximum absolute atomic E-state index is 12.0. The quantitative estimate of drug-likeness (QED) is 0.605. The first kappa shape index (κ1) is 17.8. The zero-order valence-corrected chi connectivity index (χ0v) is 13.4. The summed E-state index contributed by atoms with van der Waals surface area (Å²) in [7, 11) is 1.75. The van der Waals surface area contributed by atoms with Crippen molar-refractivity contribution >= 4 is 22.4 Å². The molecular formula is C15H22F2N2OS. The highest BCUT2D eigenvalue weighted by atomic mass is 32.1. The van der Waals surface area contributed by atoms with Gasteiger partial charge in [0.15, 0.2) is 5.13 Å². The second kappa shape index (κ2) is 9.60. The van der Waals surface area contributed by atoms with Gasteiger partial charge in [-0.15, -0.1) is 11.3 Å². The van der Waals surface area contributed by atoms with Crippen LogP contribution in [0.4, 0.5) is 13.9 Å². The van der Waals surface area contributed by atoms with E-state index in [-0.39, 0.29) is 5.91 Å². The Labute approximate surface area is 128 Å². The first-order valence-electron chi connectivity index (χ1n) is 7.20. The van der Waals surface area contributed by atoms with Crippen LogP contribution < -0.4 is 4.90 Å². The molecule has 1 aromatic heterocycles. The van der Waals surface area contributed by atoms with Crippen molar-refractivity contribution in [3.63, 3.8) is 0 Å². The summed E-state index contributed by atoms with van der Waals surface area (Å²) in [5, 5.41) is 2.66. The van der Waals surface area contributed by atoms with Crippen molar-refractivity contribution in [2.45, 2.75) is 51.9 Å². The number of rotatable bonds is 9. The van der Waals surface area contributed by atoms with Gasteiger partial charge in [0.05, 0.1) is 5.69 Å². The monoisotopic (exact) mass is 316 g/mol. The van der Waals surface area contributed by atoms with E-state index >= 15 is 0 Å². The van der Waals surface area contributed by atoms with Gasteiger partial charge in [0.1, 0.15) is 0 Å². The van der Waals surface area contributed by atoms with Gasteiger partial charge < -0.3 is 0 Å². The van der Waals surface area contributed by atoms with Crippen LogP contribution in [0.15, 0.2) is 17.5 Å². The number of aromatic nitrogens is 1. The van der Waals surface area contributed by atoms with Crippen molar-refractivity contribution in [3.8, 4) is 0 Å². The van der Waals surface area contributed by atoms with Crippen molar-refractivity contribution in [1.82, 2.24) is 4.98 Å². The minimum absolute atomic E-state index is 0.0757. The number of anilines is 1. The smallest absolute Gasteiger partial charge is 0.266 e. The standard InChI is InChI=1S/C15H22F2N2OS/c1-12-11-21-15(18-12)19(2)14(20)10-8-6-4-3-5-7-9-13(16)17/h9,11H,3-8,10H2,1-2H3. The van der Waals surface area contributed by atoms with Crippen LogP contribution in [-0.4, -0.2) is 17.9 Å². The van der Waals surface area contributed by atoms with Crippen LogP contribution in [0.25, 0.3) is 0 Å². The Morgan fingerprint density at radius 1 is 1.29 bits per heavy atom. The number of hydrogen-bond donors (Lipinski definition) is 0. The minimum atomic E-state index is -1.60. The summed E-state index contributed by atoms with van der Waals surface area (Å²) in [5.74, 6) is 0.0757. The van der Waals surface area contributed by atoms with Gasteiger partial charge >= 0.3 is 0 Å². The van der Waals surface area contributed by atoms with Crippen LogP contribution in [0, 0.1) is 6.92 Å². The number of carbonyl (C=O) groups is 1. The number of aryl methyl sites for hydroxylation is 1. The molecule has 0 bridgehead atoms. The van der Waals surface area contributed by atoms with Gasteiger partial charge in [0.25, 0.3) is 6.08 Å². The molecular weight excluding hydrogens is 294 g/mol. The normalized spacial score (nSPS) is 10.5. The summed E-state index contributed by atoms with van der Waals surface area (Å²) in [6.45, 7) is 1.91. The van der Waals surface area contributed by atoms with Crippen LogP contribution >= 0.6 is 11.3 Å². The lowest BCUT2D eigenvalue weighted by Gasteiger charge is -2.13. The number of allylic oxidation sites excluding steroid dienone is 1. The van der Waals surface area contributed by atoms with E-state index in [1.165, 1.54) is 11.3 Å². The van der Waals surface area contributed by atoms with Gasteiger partial charge in [0.2, 0.25) is 5.91 Å². The molecule has 0 saturated carbocycles. The van der Waals surface area contributed by atoms with E-state index in [0.29, 0.717) is 12.8 Å². The summed E-state index contributed by atoms with van der Waals surface area (Å²) in [4.78, 5) is 17.8. The Balaban J connectivity index is 2.09. The van der Waals surface area contributed by atoms with Gasteiger partial charge in [-0.1, -0.05) is 19.3 Å². The van der Waals surface area contributed by atoms with Gasteiger partial charge in [-0.3, -0.25) is 9.69 Å². The fourth-order valence-electron chi connectivity index (χ4n) is 1.93. The molecule has 1 aromatic rings. The van der Waals surface area contributed by atoms with Crippen molar-refractivity contribution < 1.29 is 13.6 Å². The maximum Gasteiger partial charge on any atom is 0.266 e. The fraction of sp³-hybridized carbons (Fsp3) is 0.600. The molecule has 0 aliphatic carbocycles. The third-order valence-electron chi connectivity index (χ3n) is 3.16. The van der Waals surface area contributed by atoms with E-state index in [1.807, 2.05) is 12.3 Å². The lowest BCUT2D eigenvalue weighted by atomic mass is 10.1. The molecule has 0 radical (unpaired) electrons. The summed E-state index contributed by atoms with van der Waals surface area (Å²) in [6, 6.07) is 0. The highest BCUT2D eigenvalue weighted by Gasteiger charge is 2.13. The Hall–Kier alpha value is -1.30. The summed E-state index contributed by atoms with van der Waals surface area (Å²) in [6.07, 6.45) is 4.80. The number of carbonyl (C=O) groups excluding carboxylic acids is 1. The number of unbranched alkanes of at least 4 members (excludes halogenated alkanes) is 5. The van der Waals surface area contributed by atoms with Crippen LogP contribution in [0.2, 0.25) is 0 Å². The lowest BCUT2D eigenvalue weighted by Crippen LogP contribution is -2.25. The molecule has 1 rings (SSSR count). The molecule has 118 valence electrons. The zero-order chi connectivity index (χ0) is 15.7. The maximum atomic E-state index is 12.0. The fourth-order valence-corrected chi connectivity index (χ4v) is 2.72. The molecule has 1 heterocycles. The SMILES string of the molecule is Cc1csc(N(C)C(=O)CCCCCCCC=C(F)F)n1. The van der Waals surface area contributed by atoms with E-state index < -0.39 is 6.08 Å². The highest BCUT2D eigenvalue weighted by Crippen LogP contribution is 2.20. The summed E-state index contributed by atoms with van der Waals surface area (Å²) in [5.41, 5.74) is 0.924. The predicted molar refractivity (Wildman–Crippen MR) is 82.9 cm³/mol. The highest BCUT2D eigenvalue weighted by molar-refractivity contribution is 7.14. The van der Waals surface area contributed by atoms with Crippen LogP contribution in [0.3, 0.4) is 0 Å². The Morgan fingerprint density at radius 2 is 1.95 bits per heavy atom. The van der Waals surface area contributed by atoms with Crippen molar-refractivity contribution in [3.05, 3.63) is 23.2 Å². The molecule has 0 spiro atoms. The van der Waals surface area contributed by atoms with Gasteiger partial charge in [-0.05, 0) is 32.3 Å². The average molecular weight is 316 g/mol. The molecule has 0 unspecified atom stereocenters. The van der Waals surface area contributed by atoms with Crippen molar-refractivity contribution in [1.29, 1.82) is 0 Å². The topological polar surface area (TPSA) is 33.2 Å². The third-order valence-corrected chi connectivity index (χ3v) is 4.20. The molecule has 0 aromatic carbocycles. The molecule has 6 heteroatoms. The van der Waals surface area contributed by atoms with E-state index in [2.05, 4.69) is 4.98 Å². The molecule has 0 saturated heterocycles. The second-order valence-corrected chi connectivity index (χ2v) is 5.86. The first-order valence-corrected chi connectivity index (χ1v) is 8.08. The van der Waals surface area contributed by atoms with Gasteiger partial charge in [-0.25, -0.2) is 4.98 Å². The largest absolute Gasteiger partial charge is 0.291 e. The molecule has 0 fully saturated rings. The number of nitrogens with zero attached hydrogens (tertiary/aromatic N) is 2. The molecule has 0 N–H and O–H groups in total. The average Bonchev–Trinajstić information content (AvgIpc) is 2.87. The van der Waals surface area contributed by atoms with Gasteiger partial charge in [-0.2, -0.15) is 8.78 Å². The van der Waals surface area contributed by atoms with E-state index in [1.54, 1.807) is 11.9 Å². The molecule has 0 atom stereocenters. The van der Waals surface area contributed by atoms with E-state index in [9.17, 15) is 13.6 Å². The number of amides is 1. The minimum Gasteiger partial charge on any atom is -0.291 e. The second-order valence-electron chi connectivity index (χ2n) is 5.02. The van der Waals surface area contributed by atoms with Gasteiger partial charge in [0, 0.05) is 18.8 Å². The van der Waals surface area contributed by atoms with E-state index in [4.69, 9.17) is 0 Å². The number of hydrogen-bond acceptors (Lipinski definition) is 3. The lowest BCUT2D eigenvalue weighted by molar-refractivity contribution is -0.118. The summed E-state index contributed by atoms with van der Waals surface area (Å²) < 4.78 is 23.6. The van der Waals surface area contributed by atoms with Crippen LogP contribution in [0.5, 0.6) is 0 Å². The predicted octanol–water partition coefficient (Wildman–Crippen LogP) is 4.93. The first-order chi connectivity index (χ1) is 10.0. The third kappa shape index (κ3) is 7.32. The number of thiazole rings is 1. The molecule has 1 amide bonds. The van der Waals surface area contributed by atoms with Crippen LogP contribution in [-0.2, 0) is 4.79 Å². The Bertz CT molecular complexity index is 470. The van der Waals surface area contributed by atoms with Crippen LogP contribution in [0.1, 0.15) is 50.6 Å². The molecule has 0 aliphatic heterocycles. The Kier molecular flexibility index (Phi) is 8.12. The molecule has 3 nitrogen and oxygen atoms in total.